The van der Waals surface area contributed by atoms with Gasteiger partial charge >= 0.3 is 6.03 Å². The van der Waals surface area contributed by atoms with E-state index in [0.29, 0.717) is 12.5 Å². The number of hydroxylamine groups is 1. The molecule has 0 aliphatic heterocycles. The number of hydrogen-bond donors (Lipinski definition) is 2. The topological polar surface area (TPSA) is 50.4 Å². The molecule has 1 aromatic rings. The fourth-order valence-electron chi connectivity index (χ4n) is 1.73. The molecule has 1 aliphatic carbocycles. The maximum absolute atomic E-state index is 11.3. The Balaban J connectivity index is 1.56. The summed E-state index contributed by atoms with van der Waals surface area (Å²) in [6, 6.07) is 9.47. The first-order valence-electron chi connectivity index (χ1n) is 6.04. The summed E-state index contributed by atoms with van der Waals surface area (Å²) in [6.45, 7) is 1.14. The normalized spacial score (nSPS) is 15.1. The molecule has 1 fully saturated rings. The van der Waals surface area contributed by atoms with Crippen LogP contribution in [0.2, 0.25) is 0 Å². The molecule has 0 heterocycles. The maximum Gasteiger partial charge on any atom is 0.338 e. The van der Waals surface area contributed by atoms with Crippen molar-refractivity contribution in [3.05, 3.63) is 35.9 Å². The smallest absolute Gasteiger partial charge is 0.336 e. The second-order valence-corrected chi connectivity index (χ2v) is 4.38. The average Bonchev–Trinajstić information content (AvgIpc) is 2.28. The first-order chi connectivity index (χ1) is 8.34. The van der Waals surface area contributed by atoms with Crippen LogP contribution in [0.15, 0.2) is 30.3 Å². The van der Waals surface area contributed by atoms with Gasteiger partial charge < -0.3 is 5.32 Å². The summed E-state index contributed by atoms with van der Waals surface area (Å²) in [4.78, 5) is 16.4. The van der Waals surface area contributed by atoms with Crippen molar-refractivity contribution in [1.82, 2.24) is 10.8 Å². The summed E-state index contributed by atoms with van der Waals surface area (Å²) < 4.78 is 0. The van der Waals surface area contributed by atoms with Gasteiger partial charge in [-0.15, -0.1) is 0 Å². The molecule has 0 radical (unpaired) electrons. The zero-order valence-corrected chi connectivity index (χ0v) is 9.82. The first-order valence-corrected chi connectivity index (χ1v) is 6.04. The van der Waals surface area contributed by atoms with Crippen LogP contribution in [0, 0.1) is 5.92 Å². The molecule has 2 amide bonds. The maximum atomic E-state index is 11.3. The minimum Gasteiger partial charge on any atom is -0.336 e. The van der Waals surface area contributed by atoms with Gasteiger partial charge in [-0.3, -0.25) is 4.84 Å². The number of benzene rings is 1. The molecule has 0 bridgehead atoms. The van der Waals surface area contributed by atoms with Gasteiger partial charge in [0, 0.05) is 6.54 Å². The van der Waals surface area contributed by atoms with Crippen molar-refractivity contribution in [3.8, 4) is 0 Å². The van der Waals surface area contributed by atoms with Crippen LogP contribution in [0.1, 0.15) is 24.8 Å². The van der Waals surface area contributed by atoms with E-state index < -0.39 is 0 Å². The molecule has 1 aliphatic rings. The van der Waals surface area contributed by atoms with Crippen LogP contribution in [0.25, 0.3) is 0 Å². The third-order valence-corrected chi connectivity index (χ3v) is 3.02. The Morgan fingerprint density at radius 2 is 2.06 bits per heavy atom. The van der Waals surface area contributed by atoms with Gasteiger partial charge in [0.15, 0.2) is 0 Å². The molecule has 0 unspecified atom stereocenters. The number of carbonyl (C=O) groups excluding carboxylic acids is 1. The molecular formula is C13H18N2O2. The van der Waals surface area contributed by atoms with Crippen molar-refractivity contribution in [3.63, 3.8) is 0 Å². The van der Waals surface area contributed by atoms with Gasteiger partial charge in [-0.25, -0.2) is 10.3 Å². The Labute approximate surface area is 101 Å². The van der Waals surface area contributed by atoms with Crippen LogP contribution in [0.3, 0.4) is 0 Å². The lowest BCUT2D eigenvalue weighted by Crippen LogP contribution is -2.39. The molecule has 4 heteroatoms. The predicted octanol–water partition coefficient (Wildman–Crippen LogP) is 2.22. The lowest BCUT2D eigenvalue weighted by molar-refractivity contribution is 0.0484. The molecule has 1 saturated carbocycles. The molecule has 17 heavy (non-hydrogen) atoms. The molecule has 2 rings (SSSR count). The molecule has 1 aromatic carbocycles. The van der Waals surface area contributed by atoms with Crippen molar-refractivity contribution in [2.24, 2.45) is 5.92 Å². The van der Waals surface area contributed by atoms with E-state index in [9.17, 15) is 4.79 Å². The largest absolute Gasteiger partial charge is 0.338 e. The minimum absolute atomic E-state index is 0.257. The zero-order valence-electron chi connectivity index (χ0n) is 9.82. The van der Waals surface area contributed by atoms with E-state index in [1.165, 1.54) is 19.3 Å². The highest BCUT2D eigenvalue weighted by atomic mass is 16.7. The molecule has 0 spiro atoms. The Hall–Kier alpha value is -1.55. The quantitative estimate of drug-likeness (QED) is 0.767. The Morgan fingerprint density at radius 1 is 1.29 bits per heavy atom. The van der Waals surface area contributed by atoms with Crippen LogP contribution in [-0.4, -0.2) is 12.6 Å². The van der Waals surface area contributed by atoms with Crippen molar-refractivity contribution in [2.75, 3.05) is 6.54 Å². The summed E-state index contributed by atoms with van der Waals surface area (Å²) in [5.41, 5.74) is 3.42. The van der Waals surface area contributed by atoms with Gasteiger partial charge in [0.25, 0.3) is 0 Å². The third kappa shape index (κ3) is 4.07. The van der Waals surface area contributed by atoms with E-state index in [1.54, 1.807) is 0 Å². The van der Waals surface area contributed by atoms with Crippen molar-refractivity contribution in [2.45, 2.75) is 25.9 Å². The SMILES string of the molecule is O=C(NCC1CCC1)NOCc1ccccc1. The molecule has 2 N–H and O–H groups in total. The lowest BCUT2D eigenvalue weighted by atomic mass is 9.85. The molecule has 92 valence electrons. The van der Waals surface area contributed by atoms with E-state index >= 15 is 0 Å². The van der Waals surface area contributed by atoms with E-state index in [2.05, 4.69) is 10.8 Å². The summed E-state index contributed by atoms with van der Waals surface area (Å²) in [7, 11) is 0. The number of rotatable bonds is 5. The zero-order chi connectivity index (χ0) is 11.9. The van der Waals surface area contributed by atoms with Crippen molar-refractivity contribution < 1.29 is 9.63 Å². The standard InChI is InChI=1S/C13H18N2O2/c16-13(14-9-11-7-4-8-11)15-17-10-12-5-2-1-3-6-12/h1-3,5-6,11H,4,7-10H2,(H2,14,15,16). The molecule has 0 aromatic heterocycles. The van der Waals surface area contributed by atoms with Crippen molar-refractivity contribution >= 4 is 6.03 Å². The van der Waals surface area contributed by atoms with E-state index in [-0.39, 0.29) is 6.03 Å². The number of carbonyl (C=O) groups is 1. The number of nitrogens with one attached hydrogen (secondary N) is 2. The number of hydrogen-bond acceptors (Lipinski definition) is 2. The van der Waals surface area contributed by atoms with Crippen LogP contribution < -0.4 is 10.8 Å². The third-order valence-electron chi connectivity index (χ3n) is 3.02. The fraction of sp³-hybridized carbons (Fsp3) is 0.462. The van der Waals surface area contributed by atoms with E-state index in [1.807, 2.05) is 30.3 Å². The minimum atomic E-state index is -0.257. The summed E-state index contributed by atoms with van der Waals surface area (Å²) in [6.07, 6.45) is 3.74. The Kier molecular flexibility index (Phi) is 4.38. The van der Waals surface area contributed by atoms with E-state index in [4.69, 9.17) is 4.84 Å². The number of urea groups is 1. The van der Waals surface area contributed by atoms with Crippen LogP contribution in [-0.2, 0) is 11.4 Å². The van der Waals surface area contributed by atoms with Gasteiger partial charge in [-0.05, 0) is 24.3 Å². The summed E-state index contributed by atoms with van der Waals surface area (Å²) in [5.74, 6) is 0.662. The highest BCUT2D eigenvalue weighted by Crippen LogP contribution is 2.24. The highest BCUT2D eigenvalue weighted by molar-refractivity contribution is 5.72. The van der Waals surface area contributed by atoms with Gasteiger partial charge in [0.2, 0.25) is 0 Å². The molecular weight excluding hydrogens is 216 g/mol. The Bertz CT molecular complexity index is 350. The number of amides is 2. The highest BCUT2D eigenvalue weighted by Gasteiger charge is 2.17. The van der Waals surface area contributed by atoms with Gasteiger partial charge in [-0.1, -0.05) is 36.8 Å². The monoisotopic (exact) mass is 234 g/mol. The van der Waals surface area contributed by atoms with Crippen LogP contribution >= 0.6 is 0 Å². The second-order valence-electron chi connectivity index (χ2n) is 4.38. The fourth-order valence-corrected chi connectivity index (χ4v) is 1.73. The van der Waals surface area contributed by atoms with Gasteiger partial charge in [-0.2, -0.15) is 0 Å². The summed E-state index contributed by atoms with van der Waals surface area (Å²) >= 11 is 0. The van der Waals surface area contributed by atoms with Crippen LogP contribution in [0.4, 0.5) is 4.79 Å². The van der Waals surface area contributed by atoms with Gasteiger partial charge in [0.05, 0.1) is 6.61 Å². The molecule has 0 saturated heterocycles. The molecule has 0 atom stereocenters. The molecule has 4 nitrogen and oxygen atoms in total. The van der Waals surface area contributed by atoms with Crippen LogP contribution in [0.5, 0.6) is 0 Å². The first kappa shape index (κ1) is 11.9. The average molecular weight is 234 g/mol. The van der Waals surface area contributed by atoms with Gasteiger partial charge in [0.1, 0.15) is 0 Å². The Morgan fingerprint density at radius 3 is 2.71 bits per heavy atom. The van der Waals surface area contributed by atoms with E-state index in [0.717, 1.165) is 12.1 Å². The second kappa shape index (κ2) is 6.25. The lowest BCUT2D eigenvalue weighted by Gasteiger charge is -2.25. The summed E-state index contributed by atoms with van der Waals surface area (Å²) in [5, 5.41) is 2.80. The van der Waals surface area contributed by atoms with Crippen molar-refractivity contribution in [1.29, 1.82) is 0 Å². The predicted molar refractivity (Wildman–Crippen MR) is 65.1 cm³/mol.